The van der Waals surface area contributed by atoms with Crippen LogP contribution in [0.15, 0.2) is 18.2 Å². The molecule has 1 aliphatic heterocycles. The van der Waals surface area contributed by atoms with E-state index in [0.717, 1.165) is 44.4 Å². The number of nitrogens with zero attached hydrogens (tertiary/aromatic N) is 1. The Hall–Kier alpha value is -1.34. The lowest BCUT2D eigenvalue weighted by Gasteiger charge is -2.33. The van der Waals surface area contributed by atoms with Gasteiger partial charge in [-0.15, -0.1) is 13.2 Å². The monoisotopic (exact) mass is 292 g/mol. The highest BCUT2D eigenvalue weighted by molar-refractivity contribution is 5.32. The maximum atomic E-state index is 13.8. The van der Waals surface area contributed by atoms with Crippen LogP contribution in [0.25, 0.3) is 0 Å². The van der Waals surface area contributed by atoms with E-state index in [2.05, 4.69) is 10.1 Å². The van der Waals surface area contributed by atoms with Gasteiger partial charge >= 0.3 is 6.36 Å². The number of hydrogen-bond donors (Lipinski definition) is 1. The van der Waals surface area contributed by atoms with Crippen molar-refractivity contribution in [2.75, 3.05) is 26.2 Å². The highest BCUT2D eigenvalue weighted by atomic mass is 19.4. The van der Waals surface area contributed by atoms with Gasteiger partial charge in [0, 0.05) is 37.8 Å². The zero-order valence-electron chi connectivity index (χ0n) is 11.0. The van der Waals surface area contributed by atoms with Crippen molar-refractivity contribution in [1.82, 2.24) is 10.2 Å². The minimum absolute atomic E-state index is 0.216. The van der Waals surface area contributed by atoms with Crippen LogP contribution >= 0.6 is 0 Å². The predicted molar refractivity (Wildman–Crippen MR) is 65.9 cm³/mol. The predicted octanol–water partition coefficient (Wildman–Crippen LogP) is 2.69. The first-order chi connectivity index (χ1) is 9.37. The van der Waals surface area contributed by atoms with Crippen LogP contribution in [0, 0.1) is 5.82 Å². The summed E-state index contributed by atoms with van der Waals surface area (Å²) in [5.74, 6) is -0.915. The highest BCUT2D eigenvalue weighted by Gasteiger charge is 2.31. The molecule has 0 unspecified atom stereocenters. The topological polar surface area (TPSA) is 24.5 Å². The molecule has 0 aromatic heterocycles. The number of hydrogen-bond acceptors (Lipinski definition) is 3. The average molecular weight is 292 g/mol. The number of nitrogens with one attached hydrogen (secondary N) is 1. The zero-order valence-corrected chi connectivity index (χ0v) is 11.0. The van der Waals surface area contributed by atoms with E-state index in [1.807, 2.05) is 4.90 Å². The molecular weight excluding hydrogens is 276 g/mol. The van der Waals surface area contributed by atoms with E-state index in [1.165, 1.54) is 0 Å². The number of benzene rings is 1. The second-order valence-electron chi connectivity index (χ2n) is 4.69. The summed E-state index contributed by atoms with van der Waals surface area (Å²) in [6, 6.07) is 2.82. The summed E-state index contributed by atoms with van der Waals surface area (Å²) in [7, 11) is 0. The molecule has 0 radical (unpaired) electrons. The van der Waals surface area contributed by atoms with Gasteiger partial charge in [-0.2, -0.15) is 0 Å². The number of halogens is 4. The molecule has 3 nitrogen and oxygen atoms in total. The Balaban J connectivity index is 2.18. The molecule has 20 heavy (non-hydrogen) atoms. The fourth-order valence-corrected chi connectivity index (χ4v) is 2.31. The summed E-state index contributed by atoms with van der Waals surface area (Å²) >= 11 is 0. The Bertz CT molecular complexity index is 458. The van der Waals surface area contributed by atoms with Crippen molar-refractivity contribution in [2.45, 2.75) is 19.3 Å². The van der Waals surface area contributed by atoms with Crippen LogP contribution < -0.4 is 10.1 Å². The van der Waals surface area contributed by atoms with Crippen molar-refractivity contribution in [1.29, 1.82) is 0 Å². The summed E-state index contributed by atoms with van der Waals surface area (Å²) < 4.78 is 54.3. The van der Waals surface area contributed by atoms with Crippen molar-refractivity contribution in [3.8, 4) is 5.75 Å². The van der Waals surface area contributed by atoms with Crippen molar-refractivity contribution >= 4 is 0 Å². The molecule has 2 rings (SSSR count). The molecule has 1 aromatic rings. The Kier molecular flexibility index (Phi) is 4.49. The van der Waals surface area contributed by atoms with Gasteiger partial charge in [0.25, 0.3) is 0 Å². The molecule has 0 saturated carbocycles. The molecule has 1 atom stereocenters. The van der Waals surface area contributed by atoms with Crippen molar-refractivity contribution in [3.05, 3.63) is 29.6 Å². The molecule has 0 spiro atoms. The third-order valence-electron chi connectivity index (χ3n) is 3.35. The largest absolute Gasteiger partial charge is 0.573 e. The van der Waals surface area contributed by atoms with E-state index in [1.54, 1.807) is 6.92 Å². The Morgan fingerprint density at radius 2 is 1.90 bits per heavy atom. The summed E-state index contributed by atoms with van der Waals surface area (Å²) in [6.07, 6.45) is -4.77. The fraction of sp³-hybridized carbons (Fsp3) is 0.538. The van der Waals surface area contributed by atoms with Gasteiger partial charge in [-0.25, -0.2) is 4.39 Å². The van der Waals surface area contributed by atoms with Crippen molar-refractivity contribution in [3.63, 3.8) is 0 Å². The van der Waals surface area contributed by atoms with E-state index in [-0.39, 0.29) is 11.6 Å². The van der Waals surface area contributed by atoms with Crippen molar-refractivity contribution in [2.24, 2.45) is 0 Å². The number of ether oxygens (including phenoxy) is 1. The average Bonchev–Trinajstić information content (AvgIpc) is 2.40. The number of piperazine rings is 1. The molecule has 1 saturated heterocycles. The number of alkyl halides is 3. The maximum Gasteiger partial charge on any atom is 0.573 e. The van der Waals surface area contributed by atoms with Crippen LogP contribution in [-0.2, 0) is 0 Å². The molecule has 1 aliphatic rings. The highest BCUT2D eigenvalue weighted by Crippen LogP contribution is 2.29. The lowest BCUT2D eigenvalue weighted by Crippen LogP contribution is -2.44. The SMILES string of the molecule is C[C@@H](c1cc(OC(F)(F)F)ccc1F)N1CCNCC1. The smallest absolute Gasteiger partial charge is 0.406 e. The second kappa shape index (κ2) is 5.97. The summed E-state index contributed by atoms with van der Waals surface area (Å²) in [6.45, 7) is 4.80. The van der Waals surface area contributed by atoms with Crippen LogP contribution in [-0.4, -0.2) is 37.4 Å². The third-order valence-corrected chi connectivity index (χ3v) is 3.35. The first-order valence-corrected chi connectivity index (χ1v) is 6.37. The molecule has 0 amide bonds. The van der Waals surface area contributed by atoms with Gasteiger partial charge in [0.2, 0.25) is 0 Å². The van der Waals surface area contributed by atoms with E-state index < -0.39 is 17.9 Å². The molecule has 1 fully saturated rings. The van der Waals surface area contributed by atoms with Gasteiger partial charge in [0.15, 0.2) is 0 Å². The van der Waals surface area contributed by atoms with Crippen LogP contribution in [0.1, 0.15) is 18.5 Å². The van der Waals surface area contributed by atoms with E-state index in [9.17, 15) is 17.6 Å². The normalized spacial score (nSPS) is 18.9. The number of rotatable bonds is 3. The molecule has 0 bridgehead atoms. The van der Waals surface area contributed by atoms with Gasteiger partial charge in [0.05, 0.1) is 0 Å². The van der Waals surface area contributed by atoms with E-state index in [0.29, 0.717) is 0 Å². The molecule has 0 aliphatic carbocycles. The summed E-state index contributed by atoms with van der Waals surface area (Å²) in [5, 5.41) is 3.17. The maximum absolute atomic E-state index is 13.8. The van der Waals surface area contributed by atoms with Crippen LogP contribution in [0.3, 0.4) is 0 Å². The van der Waals surface area contributed by atoms with E-state index >= 15 is 0 Å². The van der Waals surface area contributed by atoms with Gasteiger partial charge in [-0.1, -0.05) is 0 Å². The first-order valence-electron chi connectivity index (χ1n) is 6.37. The zero-order chi connectivity index (χ0) is 14.8. The minimum atomic E-state index is -4.77. The van der Waals surface area contributed by atoms with Crippen LogP contribution in [0.2, 0.25) is 0 Å². The Labute approximate surface area is 114 Å². The van der Waals surface area contributed by atoms with Gasteiger partial charge in [0.1, 0.15) is 11.6 Å². The molecule has 1 N–H and O–H groups in total. The third kappa shape index (κ3) is 3.83. The summed E-state index contributed by atoms with van der Waals surface area (Å²) in [5.41, 5.74) is 0.216. The Morgan fingerprint density at radius 3 is 2.50 bits per heavy atom. The summed E-state index contributed by atoms with van der Waals surface area (Å²) in [4.78, 5) is 2.02. The fourth-order valence-electron chi connectivity index (χ4n) is 2.31. The lowest BCUT2D eigenvalue weighted by molar-refractivity contribution is -0.274. The van der Waals surface area contributed by atoms with E-state index in [4.69, 9.17) is 0 Å². The van der Waals surface area contributed by atoms with Crippen LogP contribution in [0.5, 0.6) is 5.75 Å². The lowest BCUT2D eigenvalue weighted by atomic mass is 10.1. The van der Waals surface area contributed by atoms with Gasteiger partial charge < -0.3 is 10.1 Å². The molecule has 112 valence electrons. The quantitative estimate of drug-likeness (QED) is 0.867. The molecule has 1 aromatic carbocycles. The minimum Gasteiger partial charge on any atom is -0.406 e. The first kappa shape index (κ1) is 15.1. The molecule has 1 heterocycles. The Morgan fingerprint density at radius 1 is 1.25 bits per heavy atom. The van der Waals surface area contributed by atoms with Gasteiger partial charge in [-0.05, 0) is 25.1 Å². The molecular formula is C13H16F4N2O. The molecule has 7 heteroatoms. The standard InChI is InChI=1S/C13H16F4N2O/c1-9(19-6-4-18-5-7-19)11-8-10(2-3-12(11)14)20-13(15,16)17/h2-3,8-9,18H,4-7H2,1H3/t9-/m0/s1. The van der Waals surface area contributed by atoms with Gasteiger partial charge in [-0.3, -0.25) is 4.90 Å². The van der Waals surface area contributed by atoms with Crippen LogP contribution in [0.4, 0.5) is 17.6 Å². The van der Waals surface area contributed by atoms with Crippen molar-refractivity contribution < 1.29 is 22.3 Å². The second-order valence-corrected chi connectivity index (χ2v) is 4.69.